The van der Waals surface area contributed by atoms with E-state index in [1.165, 1.54) is 31.1 Å². The molecule has 55 heavy (non-hydrogen) atoms. The molecule has 2 unspecified atom stereocenters. The number of alkyl carbamates (subject to hydrolysis) is 1. The Labute approximate surface area is 334 Å². The van der Waals surface area contributed by atoms with Crippen molar-refractivity contribution < 1.29 is 52.7 Å². The Kier molecular flexibility index (Phi) is 14.1. The molecule has 8 atom stereocenters. The van der Waals surface area contributed by atoms with Crippen molar-refractivity contribution in [1.29, 1.82) is 0 Å². The lowest BCUT2D eigenvalue weighted by Crippen LogP contribution is -2.72. The topological polar surface area (TPSA) is 162 Å². The molecule has 0 aliphatic carbocycles. The summed E-state index contributed by atoms with van der Waals surface area (Å²) in [5, 5.41) is 14.5. The number of ether oxygens (including phenoxy) is 6. The van der Waals surface area contributed by atoms with Crippen LogP contribution in [0.1, 0.15) is 72.3 Å². The molecule has 306 valence electrons. The van der Waals surface area contributed by atoms with E-state index in [2.05, 4.69) is 17.9 Å². The second-order valence-electron chi connectivity index (χ2n) is 15.6. The molecule has 4 heterocycles. The Balaban J connectivity index is 1.72. The zero-order valence-corrected chi connectivity index (χ0v) is 35.0. The number of allylic oxidation sites excluding steroid dienone is 3. The van der Waals surface area contributed by atoms with Crippen LogP contribution in [0.15, 0.2) is 35.9 Å². The number of carbonyl (C=O) groups is 4. The van der Waals surface area contributed by atoms with Gasteiger partial charge in [-0.3, -0.25) is 14.9 Å². The molecule has 14 nitrogen and oxygen atoms in total. The highest BCUT2D eigenvalue weighted by Gasteiger charge is 2.63. The number of amides is 3. The molecular formula is C39H56ClN3O11S. The molecule has 2 saturated heterocycles. The summed E-state index contributed by atoms with van der Waals surface area (Å²) in [4.78, 5) is 56.8. The van der Waals surface area contributed by atoms with Crippen LogP contribution >= 0.6 is 24.2 Å². The summed E-state index contributed by atoms with van der Waals surface area (Å²) in [6, 6.07) is 2.56. The maximum Gasteiger partial charge on any atom is 0.409 e. The number of halogens is 1. The van der Waals surface area contributed by atoms with Crippen LogP contribution in [0.25, 0.3) is 0 Å². The fourth-order valence-corrected chi connectivity index (χ4v) is 8.00. The number of aliphatic hydroxyl groups is 1. The van der Waals surface area contributed by atoms with Crippen molar-refractivity contribution in [3.63, 3.8) is 0 Å². The number of hydrogen-bond acceptors (Lipinski definition) is 12. The highest BCUT2D eigenvalue weighted by molar-refractivity contribution is 7.81. The summed E-state index contributed by atoms with van der Waals surface area (Å²) >= 11 is 11.4. The maximum absolute atomic E-state index is 14.2. The molecule has 2 N–H and O–H groups in total. The van der Waals surface area contributed by atoms with Gasteiger partial charge in [-0.25, -0.2) is 9.59 Å². The average molecular weight is 810 g/mol. The average Bonchev–Trinajstić information content (AvgIpc) is 3.10. The smallest absolute Gasteiger partial charge is 0.409 e. The van der Waals surface area contributed by atoms with Crippen LogP contribution in [-0.4, -0.2) is 122 Å². The minimum Gasteiger partial charge on any atom is -0.495 e. The zero-order valence-electron chi connectivity index (χ0n) is 33.4. The van der Waals surface area contributed by atoms with Gasteiger partial charge >= 0.3 is 12.1 Å². The molecule has 1 aromatic carbocycles. The van der Waals surface area contributed by atoms with Gasteiger partial charge in [0.15, 0.2) is 5.72 Å². The quantitative estimate of drug-likeness (QED) is 0.221. The molecule has 4 aliphatic heterocycles. The first-order chi connectivity index (χ1) is 25.6. The molecule has 2 fully saturated rings. The van der Waals surface area contributed by atoms with Crippen LogP contribution in [-0.2, 0) is 44.5 Å². The van der Waals surface area contributed by atoms with E-state index in [1.807, 2.05) is 19.9 Å². The van der Waals surface area contributed by atoms with Gasteiger partial charge in [0.25, 0.3) is 0 Å². The van der Waals surface area contributed by atoms with Gasteiger partial charge in [-0.1, -0.05) is 35.4 Å². The maximum atomic E-state index is 14.2. The third kappa shape index (κ3) is 10.2. The van der Waals surface area contributed by atoms with Crippen molar-refractivity contribution in [2.45, 2.75) is 119 Å². The number of hydrogen-bond donors (Lipinski definition) is 3. The zero-order chi connectivity index (χ0) is 41.1. The van der Waals surface area contributed by atoms with Gasteiger partial charge in [0, 0.05) is 52.3 Å². The van der Waals surface area contributed by atoms with Crippen molar-refractivity contribution in [3.8, 4) is 5.75 Å². The molecule has 4 aliphatic rings. The number of nitrogens with zero attached hydrogens (tertiary/aromatic N) is 2. The second kappa shape index (κ2) is 17.4. The largest absolute Gasteiger partial charge is 0.495 e. The molecule has 16 heteroatoms. The summed E-state index contributed by atoms with van der Waals surface area (Å²) in [6.45, 7) is 9.09. The lowest BCUT2D eigenvalue weighted by molar-refractivity contribution is -0.328. The Bertz CT molecular complexity index is 1680. The van der Waals surface area contributed by atoms with E-state index in [1.54, 1.807) is 59.2 Å². The Hall–Kier alpha value is -3.34. The van der Waals surface area contributed by atoms with Crippen molar-refractivity contribution in [3.05, 3.63) is 46.5 Å². The summed E-state index contributed by atoms with van der Waals surface area (Å²) in [7, 11) is 7.55. The molecule has 3 amide bonds. The molecule has 1 aromatic rings. The SMILES string of the molecule is COCC(C)(S)CCC(=O)N(C)[C@@H](C)C(=O)O[C@H]1CC(=O)N(C)c2cc(cc(OC)c2Cl)C/C(C)=C/C=C/[C@@H](OC)[C@@]2(O)C[C@H](OC(=O)N2)C2(C)C[C@@]1(C)O2. The van der Waals surface area contributed by atoms with Gasteiger partial charge in [0.2, 0.25) is 11.8 Å². The summed E-state index contributed by atoms with van der Waals surface area (Å²) < 4.78 is 34.2. The van der Waals surface area contributed by atoms with E-state index in [0.717, 1.165) is 11.1 Å². The van der Waals surface area contributed by atoms with Crippen LogP contribution in [0, 0.1) is 0 Å². The van der Waals surface area contributed by atoms with Crippen molar-refractivity contribution in [2.75, 3.05) is 46.9 Å². The molecule has 6 bridgehead atoms. The summed E-state index contributed by atoms with van der Waals surface area (Å²) in [5.74, 6) is -1.13. The van der Waals surface area contributed by atoms with E-state index in [9.17, 15) is 24.3 Å². The number of anilines is 1. The highest BCUT2D eigenvalue weighted by atomic mass is 35.5. The van der Waals surface area contributed by atoms with Gasteiger partial charge in [-0.2, -0.15) is 12.6 Å². The summed E-state index contributed by atoms with van der Waals surface area (Å²) in [5.41, 5.74) is -2.19. The van der Waals surface area contributed by atoms with Crippen LogP contribution in [0.4, 0.5) is 10.5 Å². The number of fused-ring (bicyclic) bond motifs is 6. The molecule has 0 aromatic heterocycles. The Morgan fingerprint density at radius 1 is 1.22 bits per heavy atom. The van der Waals surface area contributed by atoms with Crippen molar-refractivity contribution in [2.24, 2.45) is 0 Å². The number of thiol groups is 1. The Morgan fingerprint density at radius 2 is 1.89 bits per heavy atom. The first kappa shape index (κ1) is 44.4. The lowest BCUT2D eigenvalue weighted by Gasteiger charge is -2.59. The monoisotopic (exact) mass is 809 g/mol. The predicted octanol–water partition coefficient (Wildman–Crippen LogP) is 4.77. The van der Waals surface area contributed by atoms with Crippen molar-refractivity contribution >= 4 is 53.8 Å². The number of carbonyl (C=O) groups excluding carboxylic acids is 4. The van der Waals surface area contributed by atoms with Gasteiger partial charge in [-0.15, -0.1) is 0 Å². The number of methoxy groups -OCH3 is 3. The van der Waals surface area contributed by atoms with Crippen molar-refractivity contribution in [1.82, 2.24) is 10.2 Å². The van der Waals surface area contributed by atoms with Crippen LogP contribution in [0.5, 0.6) is 5.75 Å². The van der Waals surface area contributed by atoms with Crippen LogP contribution in [0.2, 0.25) is 5.02 Å². The fourth-order valence-electron chi connectivity index (χ4n) is 7.45. The van der Waals surface area contributed by atoms with Gasteiger partial charge in [0.1, 0.15) is 46.3 Å². The normalized spacial score (nSPS) is 31.7. The first-order valence-corrected chi connectivity index (χ1v) is 19.0. The molecule has 0 radical (unpaired) electrons. The third-order valence-corrected chi connectivity index (χ3v) is 11.5. The van der Waals surface area contributed by atoms with Crippen LogP contribution < -0.4 is 15.0 Å². The van der Waals surface area contributed by atoms with E-state index in [4.69, 9.17) is 40.0 Å². The standard InChI is InChI=1S/C39H56ClN3O11S/c1-23-12-11-13-28(51-10)39(48)20-30(53-35(47)41-39)38(5)21-37(4,54-38)29(19-32(45)43(7)26-17-25(16-23)18-27(50-9)33(26)40)52-34(46)24(2)42(6)31(44)14-15-36(3,55)22-49-8/h11-13,17-18,24,28-30,48,55H,14-16,19-22H2,1-10H3,(H,41,47)/b13-11+,23-12+/t24-,28+,29-,30-,36?,37+,38?,39-/m0/s1. The minimum absolute atomic E-state index is 0.104. The molecular weight excluding hydrogens is 754 g/mol. The minimum atomic E-state index is -1.86. The molecule has 0 spiro atoms. The third-order valence-electron chi connectivity index (χ3n) is 10.8. The van der Waals surface area contributed by atoms with E-state index >= 15 is 0 Å². The van der Waals surface area contributed by atoms with Crippen LogP contribution in [0.3, 0.4) is 0 Å². The van der Waals surface area contributed by atoms with E-state index in [0.29, 0.717) is 30.9 Å². The number of nitrogens with one attached hydrogen (secondary N) is 1. The van der Waals surface area contributed by atoms with Gasteiger partial charge in [-0.05, 0) is 65.2 Å². The number of rotatable bonds is 10. The van der Waals surface area contributed by atoms with Gasteiger partial charge < -0.3 is 43.3 Å². The van der Waals surface area contributed by atoms with E-state index < -0.39 is 64.0 Å². The lowest BCUT2D eigenvalue weighted by atomic mass is 9.72. The number of esters is 1. The Morgan fingerprint density at radius 3 is 2.51 bits per heavy atom. The number of benzene rings is 1. The molecule has 5 rings (SSSR count). The molecule has 0 saturated carbocycles. The van der Waals surface area contributed by atoms with Gasteiger partial charge in [0.05, 0.1) is 25.8 Å². The summed E-state index contributed by atoms with van der Waals surface area (Å²) in [6.07, 6.45) is 1.98. The van der Waals surface area contributed by atoms with E-state index in [-0.39, 0.29) is 36.6 Å². The first-order valence-electron chi connectivity index (χ1n) is 18.2. The fraction of sp³-hybridized carbons (Fsp3) is 0.641. The highest BCUT2D eigenvalue weighted by Crippen LogP contribution is 2.50. The predicted molar refractivity (Wildman–Crippen MR) is 210 cm³/mol. The second-order valence-corrected chi connectivity index (χ2v) is 17.1. The number of likely N-dealkylation sites (N-methyl/N-ethyl adjacent to an activating group) is 1.